The normalized spacial score (nSPS) is 10.9. The molecule has 8 heteroatoms. The summed E-state index contributed by atoms with van der Waals surface area (Å²) in [6.45, 7) is 0.541. The fourth-order valence-corrected chi connectivity index (χ4v) is 3.33. The lowest BCUT2D eigenvalue weighted by Gasteiger charge is -2.06. The van der Waals surface area contributed by atoms with Crippen molar-refractivity contribution in [1.82, 2.24) is 19.9 Å². The van der Waals surface area contributed by atoms with Crippen LogP contribution in [0.2, 0.25) is 0 Å². The van der Waals surface area contributed by atoms with Crippen LogP contribution in [0.5, 0.6) is 11.5 Å². The first kappa shape index (κ1) is 20.4. The molecule has 4 rings (SSSR count). The van der Waals surface area contributed by atoms with Crippen molar-refractivity contribution in [2.45, 2.75) is 13.0 Å². The Labute approximate surface area is 179 Å². The van der Waals surface area contributed by atoms with Crippen LogP contribution in [0.4, 0.5) is 5.82 Å². The highest BCUT2D eigenvalue weighted by Crippen LogP contribution is 2.34. The van der Waals surface area contributed by atoms with Crippen LogP contribution in [0.25, 0.3) is 22.2 Å². The summed E-state index contributed by atoms with van der Waals surface area (Å²) in [5, 5.41) is 12.4. The summed E-state index contributed by atoms with van der Waals surface area (Å²) < 4.78 is 7.62. The first-order chi connectivity index (χ1) is 15.2. The fraction of sp³-hybridized carbons (Fsp3) is 0.174. The minimum absolute atomic E-state index is 0.0324. The van der Waals surface area contributed by atoms with E-state index in [1.807, 2.05) is 60.8 Å². The van der Waals surface area contributed by atoms with E-state index in [1.165, 1.54) is 6.33 Å². The van der Waals surface area contributed by atoms with Gasteiger partial charge in [-0.3, -0.25) is 4.79 Å². The van der Waals surface area contributed by atoms with E-state index in [4.69, 9.17) is 15.6 Å². The predicted octanol–water partition coefficient (Wildman–Crippen LogP) is 2.97. The zero-order valence-electron chi connectivity index (χ0n) is 16.9. The second-order valence-corrected chi connectivity index (χ2v) is 6.99. The second kappa shape index (κ2) is 9.27. The number of nitrogens with one attached hydrogen (secondary N) is 1. The zero-order valence-corrected chi connectivity index (χ0v) is 16.9. The highest BCUT2D eigenvalue weighted by atomic mass is 16.5. The second-order valence-electron chi connectivity index (χ2n) is 6.99. The number of nitrogens with zero attached hydrogens (tertiary/aromatic N) is 3. The van der Waals surface area contributed by atoms with E-state index in [0.717, 1.165) is 16.9 Å². The Balaban J connectivity index is 1.62. The maximum Gasteiger partial charge on any atom is 0.239 e. The average Bonchev–Trinajstić information content (AvgIpc) is 3.15. The predicted molar refractivity (Wildman–Crippen MR) is 119 cm³/mol. The summed E-state index contributed by atoms with van der Waals surface area (Å²) in [4.78, 5) is 20.7. The summed E-state index contributed by atoms with van der Waals surface area (Å²) in [5.74, 6) is 1.66. The lowest BCUT2D eigenvalue weighted by Crippen LogP contribution is -2.28. The number of rotatable bonds is 8. The Hall–Kier alpha value is -3.91. The van der Waals surface area contributed by atoms with Gasteiger partial charge in [-0.2, -0.15) is 0 Å². The van der Waals surface area contributed by atoms with Crippen LogP contribution in [-0.2, 0) is 11.3 Å². The van der Waals surface area contributed by atoms with Crippen LogP contribution in [-0.4, -0.2) is 38.7 Å². The van der Waals surface area contributed by atoms with Crippen LogP contribution in [0.1, 0.15) is 6.42 Å². The Morgan fingerprint density at radius 1 is 1.06 bits per heavy atom. The number of aliphatic hydroxyl groups excluding tert-OH is 1. The fourth-order valence-electron chi connectivity index (χ4n) is 3.33. The number of carbonyl (C=O) groups is 1. The third kappa shape index (κ3) is 4.65. The maximum atomic E-state index is 12.3. The lowest BCUT2D eigenvalue weighted by atomic mass is 10.1. The molecule has 31 heavy (non-hydrogen) atoms. The molecule has 0 unspecified atom stereocenters. The molecule has 2 heterocycles. The van der Waals surface area contributed by atoms with Crippen molar-refractivity contribution in [2.75, 3.05) is 18.9 Å². The van der Waals surface area contributed by atoms with Gasteiger partial charge in [0, 0.05) is 24.9 Å². The molecule has 8 nitrogen and oxygen atoms in total. The van der Waals surface area contributed by atoms with Gasteiger partial charge in [0.25, 0.3) is 0 Å². The van der Waals surface area contributed by atoms with Crippen molar-refractivity contribution < 1.29 is 14.6 Å². The first-order valence-electron chi connectivity index (χ1n) is 9.96. The summed E-state index contributed by atoms with van der Waals surface area (Å²) in [5.41, 5.74) is 8.48. The minimum Gasteiger partial charge on any atom is -0.457 e. The molecule has 0 atom stereocenters. The molecular formula is C23H23N5O3. The van der Waals surface area contributed by atoms with E-state index >= 15 is 0 Å². The Bertz CT molecular complexity index is 1170. The number of anilines is 1. The van der Waals surface area contributed by atoms with Crippen LogP contribution in [0.15, 0.2) is 67.1 Å². The van der Waals surface area contributed by atoms with Crippen molar-refractivity contribution in [3.05, 3.63) is 67.1 Å². The summed E-state index contributed by atoms with van der Waals surface area (Å²) in [7, 11) is 0. The van der Waals surface area contributed by atoms with Gasteiger partial charge in [-0.1, -0.05) is 30.3 Å². The van der Waals surface area contributed by atoms with Gasteiger partial charge in [-0.05, 0) is 36.2 Å². The minimum atomic E-state index is -0.166. The number of amides is 1. The third-order valence-corrected chi connectivity index (χ3v) is 4.80. The number of fused-ring (bicyclic) bond motifs is 1. The van der Waals surface area contributed by atoms with Crippen molar-refractivity contribution in [2.24, 2.45) is 0 Å². The smallest absolute Gasteiger partial charge is 0.239 e. The van der Waals surface area contributed by atoms with Gasteiger partial charge in [-0.15, -0.1) is 0 Å². The molecule has 4 N–H and O–H groups in total. The molecule has 0 saturated heterocycles. The average molecular weight is 417 g/mol. The molecule has 0 aliphatic heterocycles. The van der Waals surface area contributed by atoms with Crippen LogP contribution < -0.4 is 15.8 Å². The molecule has 4 aromatic rings. The number of hydrogen-bond acceptors (Lipinski definition) is 6. The van der Waals surface area contributed by atoms with E-state index in [1.54, 1.807) is 4.57 Å². The molecule has 0 saturated carbocycles. The maximum absolute atomic E-state index is 12.3. The SMILES string of the molecule is Nc1ncnc2c1c(-c1ccc(Oc3ccccc3)cc1)cn2CC(=O)NCCCO. The quantitative estimate of drug-likeness (QED) is 0.380. The van der Waals surface area contributed by atoms with Crippen LogP contribution >= 0.6 is 0 Å². The van der Waals surface area contributed by atoms with Gasteiger partial charge >= 0.3 is 0 Å². The molecular weight excluding hydrogens is 394 g/mol. The Morgan fingerprint density at radius 2 is 1.81 bits per heavy atom. The number of ether oxygens (including phenoxy) is 1. The van der Waals surface area contributed by atoms with E-state index in [-0.39, 0.29) is 19.1 Å². The Morgan fingerprint density at radius 3 is 2.55 bits per heavy atom. The summed E-state index contributed by atoms with van der Waals surface area (Å²) in [6, 6.07) is 17.2. The van der Waals surface area contributed by atoms with Crippen molar-refractivity contribution in [3.8, 4) is 22.6 Å². The number of nitrogens with two attached hydrogens (primary N) is 1. The van der Waals surface area contributed by atoms with Gasteiger partial charge in [0.1, 0.15) is 35.8 Å². The molecule has 0 fully saturated rings. The van der Waals surface area contributed by atoms with Crippen LogP contribution in [0.3, 0.4) is 0 Å². The number of para-hydroxylation sites is 1. The topological polar surface area (TPSA) is 115 Å². The van der Waals surface area contributed by atoms with Gasteiger partial charge in [0.05, 0.1) is 5.39 Å². The first-order valence-corrected chi connectivity index (χ1v) is 9.96. The van der Waals surface area contributed by atoms with Gasteiger partial charge in [-0.25, -0.2) is 9.97 Å². The lowest BCUT2D eigenvalue weighted by molar-refractivity contribution is -0.121. The van der Waals surface area contributed by atoms with E-state index in [0.29, 0.717) is 35.6 Å². The number of benzene rings is 2. The van der Waals surface area contributed by atoms with E-state index in [2.05, 4.69) is 15.3 Å². The van der Waals surface area contributed by atoms with E-state index < -0.39 is 0 Å². The number of hydrogen-bond donors (Lipinski definition) is 3. The molecule has 0 aliphatic rings. The number of nitrogen functional groups attached to an aromatic ring is 1. The zero-order chi connectivity index (χ0) is 21.6. The van der Waals surface area contributed by atoms with E-state index in [9.17, 15) is 4.79 Å². The standard InChI is InChI=1S/C23H23N5O3/c24-22-21-19(16-7-9-18(10-8-16)31-17-5-2-1-3-6-17)13-28(23(21)27-15-26-22)14-20(30)25-11-4-12-29/h1-3,5-10,13,15,29H,4,11-12,14H2,(H,25,30)(H2,24,26,27). The third-order valence-electron chi connectivity index (χ3n) is 4.80. The summed E-state index contributed by atoms with van der Waals surface area (Å²) >= 11 is 0. The summed E-state index contributed by atoms with van der Waals surface area (Å²) in [6.07, 6.45) is 3.75. The highest BCUT2D eigenvalue weighted by molar-refractivity contribution is 6.01. The number of aliphatic hydroxyl groups is 1. The van der Waals surface area contributed by atoms with Crippen molar-refractivity contribution >= 4 is 22.8 Å². The number of aromatic nitrogens is 3. The molecule has 0 radical (unpaired) electrons. The molecule has 1 amide bonds. The molecule has 0 aliphatic carbocycles. The van der Waals surface area contributed by atoms with Crippen molar-refractivity contribution in [1.29, 1.82) is 0 Å². The van der Waals surface area contributed by atoms with Gasteiger partial charge in [0.15, 0.2) is 0 Å². The molecule has 0 spiro atoms. The van der Waals surface area contributed by atoms with Gasteiger partial charge in [0.2, 0.25) is 5.91 Å². The molecule has 2 aromatic heterocycles. The highest BCUT2D eigenvalue weighted by Gasteiger charge is 2.16. The molecule has 0 bridgehead atoms. The molecule has 158 valence electrons. The molecule has 2 aromatic carbocycles. The largest absolute Gasteiger partial charge is 0.457 e. The Kier molecular flexibility index (Phi) is 6.09. The van der Waals surface area contributed by atoms with Crippen molar-refractivity contribution in [3.63, 3.8) is 0 Å². The number of carbonyl (C=O) groups excluding carboxylic acids is 1. The monoisotopic (exact) mass is 417 g/mol. The van der Waals surface area contributed by atoms with Gasteiger partial charge < -0.3 is 25.5 Å². The van der Waals surface area contributed by atoms with Crippen LogP contribution in [0, 0.1) is 0 Å².